The van der Waals surface area contributed by atoms with Crippen molar-refractivity contribution >= 4 is 29.1 Å². The number of carbonyl (C=O) groups is 1. The van der Waals surface area contributed by atoms with Crippen molar-refractivity contribution in [1.29, 1.82) is 0 Å². The Morgan fingerprint density at radius 3 is 2.60 bits per heavy atom. The molecule has 1 aliphatic heterocycles. The largest absolute Gasteiger partial charge is 0.354 e. The fourth-order valence-electron chi connectivity index (χ4n) is 2.76. The predicted octanol–water partition coefficient (Wildman–Crippen LogP) is 2.81. The zero-order valence-electron chi connectivity index (χ0n) is 14.2. The minimum Gasteiger partial charge on any atom is -0.354 e. The first kappa shape index (κ1) is 17.5. The van der Waals surface area contributed by atoms with E-state index in [2.05, 4.69) is 32.5 Å². The van der Waals surface area contributed by atoms with Crippen molar-refractivity contribution in [3.05, 3.63) is 53.2 Å². The number of pyridine rings is 1. The molecule has 1 aromatic carbocycles. The number of nitrogens with one attached hydrogen (secondary N) is 2. The molecule has 0 bridgehead atoms. The number of anilines is 2. The van der Waals surface area contributed by atoms with Gasteiger partial charge < -0.3 is 20.4 Å². The SMILES string of the molecule is CN1CCN(c2ncccc2CNC(=O)Nc2ccc(Cl)cc2)CC1. The fraction of sp³-hybridized carbons (Fsp3) is 0.333. The van der Waals surface area contributed by atoms with Gasteiger partial charge in [-0.2, -0.15) is 0 Å². The standard InChI is InChI=1S/C18H22ClN5O/c1-23-9-11-24(12-10-23)17-14(3-2-8-20-17)13-21-18(25)22-16-6-4-15(19)5-7-16/h2-8H,9-13H2,1H3,(H2,21,22,25). The van der Waals surface area contributed by atoms with Crippen LogP contribution in [-0.2, 0) is 6.54 Å². The maximum absolute atomic E-state index is 12.1. The molecule has 0 radical (unpaired) electrons. The monoisotopic (exact) mass is 359 g/mol. The normalized spacial score (nSPS) is 15.0. The Morgan fingerprint density at radius 1 is 1.16 bits per heavy atom. The van der Waals surface area contributed by atoms with Crippen LogP contribution in [0, 0.1) is 0 Å². The Morgan fingerprint density at radius 2 is 1.88 bits per heavy atom. The highest BCUT2D eigenvalue weighted by Gasteiger charge is 2.18. The highest BCUT2D eigenvalue weighted by atomic mass is 35.5. The molecule has 0 unspecified atom stereocenters. The number of urea groups is 1. The molecule has 3 rings (SSSR count). The summed E-state index contributed by atoms with van der Waals surface area (Å²) in [6.07, 6.45) is 1.80. The molecule has 2 amide bonds. The first-order valence-electron chi connectivity index (χ1n) is 8.29. The highest BCUT2D eigenvalue weighted by Crippen LogP contribution is 2.19. The van der Waals surface area contributed by atoms with Gasteiger partial charge in [0.05, 0.1) is 0 Å². The summed E-state index contributed by atoms with van der Waals surface area (Å²) in [6, 6.07) is 10.7. The van der Waals surface area contributed by atoms with Crippen molar-refractivity contribution in [2.45, 2.75) is 6.54 Å². The summed E-state index contributed by atoms with van der Waals surface area (Å²) >= 11 is 5.85. The summed E-state index contributed by atoms with van der Waals surface area (Å²) in [4.78, 5) is 21.2. The third-order valence-electron chi connectivity index (χ3n) is 4.21. The Kier molecular flexibility index (Phi) is 5.73. The lowest BCUT2D eigenvalue weighted by Crippen LogP contribution is -2.45. The van der Waals surface area contributed by atoms with E-state index in [1.807, 2.05) is 12.1 Å². The Hall–Kier alpha value is -2.31. The Balaban J connectivity index is 1.59. The number of amides is 2. The van der Waals surface area contributed by atoms with Crippen molar-refractivity contribution in [2.24, 2.45) is 0 Å². The smallest absolute Gasteiger partial charge is 0.319 e. The van der Waals surface area contributed by atoms with Gasteiger partial charge in [-0.25, -0.2) is 9.78 Å². The second-order valence-corrected chi connectivity index (χ2v) is 6.53. The molecular formula is C18H22ClN5O. The van der Waals surface area contributed by atoms with Crippen molar-refractivity contribution in [1.82, 2.24) is 15.2 Å². The van der Waals surface area contributed by atoms with Crippen LogP contribution in [-0.4, -0.2) is 49.1 Å². The number of rotatable bonds is 4. The molecule has 1 aliphatic rings. The van der Waals surface area contributed by atoms with Gasteiger partial charge in [0.1, 0.15) is 5.82 Å². The first-order valence-corrected chi connectivity index (χ1v) is 8.67. The van der Waals surface area contributed by atoms with Gasteiger partial charge >= 0.3 is 6.03 Å². The van der Waals surface area contributed by atoms with Crippen LogP contribution in [0.15, 0.2) is 42.6 Å². The van der Waals surface area contributed by atoms with Crippen LogP contribution in [0.5, 0.6) is 0 Å². The second kappa shape index (κ2) is 8.18. The number of carbonyl (C=O) groups excluding carboxylic acids is 1. The molecular weight excluding hydrogens is 338 g/mol. The zero-order valence-corrected chi connectivity index (χ0v) is 15.0. The molecule has 0 saturated carbocycles. The highest BCUT2D eigenvalue weighted by molar-refractivity contribution is 6.30. The third kappa shape index (κ3) is 4.84. The first-order chi connectivity index (χ1) is 12.1. The Labute approximate surface area is 152 Å². The van der Waals surface area contributed by atoms with Crippen LogP contribution >= 0.6 is 11.6 Å². The average Bonchev–Trinajstić information content (AvgIpc) is 2.63. The van der Waals surface area contributed by atoms with Crippen molar-refractivity contribution in [3.8, 4) is 0 Å². The van der Waals surface area contributed by atoms with E-state index in [1.165, 1.54) is 0 Å². The summed E-state index contributed by atoms with van der Waals surface area (Å²) in [6.45, 7) is 4.34. The topological polar surface area (TPSA) is 60.5 Å². The maximum atomic E-state index is 12.1. The van der Waals surface area contributed by atoms with Gasteiger partial charge in [0.2, 0.25) is 0 Å². The van der Waals surface area contributed by atoms with E-state index < -0.39 is 0 Å². The molecule has 1 saturated heterocycles. The number of piperazine rings is 1. The average molecular weight is 360 g/mol. The van der Waals surface area contributed by atoms with Gasteiger partial charge in [-0.05, 0) is 37.4 Å². The fourth-order valence-corrected chi connectivity index (χ4v) is 2.88. The van der Waals surface area contributed by atoms with Crippen LogP contribution in [0.3, 0.4) is 0 Å². The number of nitrogens with zero attached hydrogens (tertiary/aromatic N) is 3. The number of likely N-dealkylation sites (N-methyl/N-ethyl adjacent to an activating group) is 1. The molecule has 25 heavy (non-hydrogen) atoms. The lowest BCUT2D eigenvalue weighted by Gasteiger charge is -2.34. The van der Waals surface area contributed by atoms with E-state index in [-0.39, 0.29) is 6.03 Å². The molecule has 0 aliphatic carbocycles. The molecule has 0 spiro atoms. The minimum absolute atomic E-state index is 0.254. The quantitative estimate of drug-likeness (QED) is 0.881. The summed E-state index contributed by atoms with van der Waals surface area (Å²) in [7, 11) is 2.12. The van der Waals surface area contributed by atoms with Crippen molar-refractivity contribution in [3.63, 3.8) is 0 Å². The molecule has 2 aromatic rings. The number of hydrogen-bond acceptors (Lipinski definition) is 4. The molecule has 0 atom stereocenters. The summed E-state index contributed by atoms with van der Waals surface area (Å²) in [5, 5.41) is 6.32. The van der Waals surface area contributed by atoms with Gasteiger partial charge in [-0.15, -0.1) is 0 Å². The minimum atomic E-state index is -0.254. The van der Waals surface area contributed by atoms with Crippen LogP contribution in [0.25, 0.3) is 0 Å². The number of hydrogen-bond donors (Lipinski definition) is 2. The molecule has 1 fully saturated rings. The maximum Gasteiger partial charge on any atom is 0.319 e. The van der Waals surface area contributed by atoms with E-state index in [0.29, 0.717) is 17.3 Å². The molecule has 7 heteroatoms. The van der Waals surface area contributed by atoms with Crippen molar-refractivity contribution in [2.75, 3.05) is 43.4 Å². The van der Waals surface area contributed by atoms with E-state index in [0.717, 1.165) is 37.6 Å². The van der Waals surface area contributed by atoms with Gasteiger partial charge in [-0.3, -0.25) is 0 Å². The predicted molar refractivity (Wildman–Crippen MR) is 101 cm³/mol. The lowest BCUT2D eigenvalue weighted by atomic mass is 10.2. The van der Waals surface area contributed by atoms with E-state index >= 15 is 0 Å². The van der Waals surface area contributed by atoms with Crippen LogP contribution in [0.4, 0.5) is 16.3 Å². The van der Waals surface area contributed by atoms with Crippen LogP contribution in [0.1, 0.15) is 5.56 Å². The zero-order chi connectivity index (χ0) is 17.6. The summed E-state index contributed by atoms with van der Waals surface area (Å²) in [5.74, 6) is 0.947. The van der Waals surface area contributed by atoms with Crippen molar-refractivity contribution < 1.29 is 4.79 Å². The van der Waals surface area contributed by atoms with Gasteiger partial charge in [0.25, 0.3) is 0 Å². The van der Waals surface area contributed by atoms with Crippen LogP contribution in [0.2, 0.25) is 5.02 Å². The van der Waals surface area contributed by atoms with E-state index in [4.69, 9.17) is 11.6 Å². The van der Waals surface area contributed by atoms with E-state index in [9.17, 15) is 4.79 Å². The number of benzene rings is 1. The van der Waals surface area contributed by atoms with Crippen LogP contribution < -0.4 is 15.5 Å². The van der Waals surface area contributed by atoms with Gasteiger partial charge in [-0.1, -0.05) is 17.7 Å². The molecule has 132 valence electrons. The lowest BCUT2D eigenvalue weighted by molar-refractivity contribution is 0.251. The molecule has 2 N–H and O–H groups in total. The third-order valence-corrected chi connectivity index (χ3v) is 4.46. The van der Waals surface area contributed by atoms with E-state index in [1.54, 1.807) is 30.5 Å². The summed E-state index contributed by atoms with van der Waals surface area (Å²) in [5.41, 5.74) is 1.71. The number of halogens is 1. The Bertz CT molecular complexity index is 714. The number of aromatic nitrogens is 1. The summed E-state index contributed by atoms with van der Waals surface area (Å²) < 4.78 is 0. The molecule has 6 nitrogen and oxygen atoms in total. The van der Waals surface area contributed by atoms with Gasteiger partial charge in [0.15, 0.2) is 0 Å². The molecule has 2 heterocycles. The second-order valence-electron chi connectivity index (χ2n) is 6.09. The molecule has 1 aromatic heterocycles. The van der Waals surface area contributed by atoms with Gasteiger partial charge in [0, 0.05) is 55.2 Å².